The summed E-state index contributed by atoms with van der Waals surface area (Å²) in [5, 5.41) is 24.8. The molecular formula is C36H63N3O11. The summed E-state index contributed by atoms with van der Waals surface area (Å²) in [5.41, 5.74) is -0.520. The molecule has 0 amide bonds. The third-order valence-corrected chi connectivity index (χ3v) is 7.91. The number of unbranched alkanes of at least 4 members (excludes halogenated alkanes) is 14. The van der Waals surface area contributed by atoms with Gasteiger partial charge in [-0.3, -0.25) is 25.0 Å². The maximum atomic E-state index is 11.9. The Bertz CT molecular complexity index is 1000. The van der Waals surface area contributed by atoms with Crippen molar-refractivity contribution in [1.82, 2.24) is 0 Å². The smallest absolute Gasteiger partial charge is 0.305 e. The van der Waals surface area contributed by atoms with E-state index in [1.807, 2.05) is 0 Å². The molecule has 0 spiro atoms. The van der Waals surface area contributed by atoms with Crippen LogP contribution in [0.25, 0.3) is 0 Å². The first kappa shape index (κ1) is 45.1. The van der Waals surface area contributed by atoms with E-state index in [1.54, 1.807) is 0 Å². The van der Waals surface area contributed by atoms with Crippen LogP contribution in [-0.2, 0) is 33.2 Å². The highest BCUT2D eigenvalue weighted by Gasteiger charge is 2.19. The zero-order valence-electron chi connectivity index (χ0n) is 30.4. The molecule has 288 valence electrons. The molecule has 14 heteroatoms. The lowest BCUT2D eigenvalue weighted by atomic mass is 10.0. The van der Waals surface area contributed by atoms with Crippen molar-refractivity contribution < 1.29 is 43.1 Å². The Morgan fingerprint density at radius 3 is 1.44 bits per heavy atom. The number of carbonyl (C=O) groups excluding carboxylic acids is 1. The van der Waals surface area contributed by atoms with Crippen LogP contribution in [0, 0.1) is 20.2 Å². The number of nitro benzene ring substituents is 2. The highest BCUT2D eigenvalue weighted by atomic mass is 16.6. The van der Waals surface area contributed by atoms with Gasteiger partial charge in [0.15, 0.2) is 0 Å². The summed E-state index contributed by atoms with van der Waals surface area (Å²) in [6, 6.07) is 3.43. The Hall–Kier alpha value is -2.91. The molecule has 0 unspecified atom stereocenters. The van der Waals surface area contributed by atoms with Crippen LogP contribution in [0.15, 0.2) is 18.2 Å². The summed E-state index contributed by atoms with van der Waals surface area (Å²) in [7, 11) is 0. The van der Waals surface area contributed by atoms with Crippen molar-refractivity contribution >= 4 is 23.0 Å². The van der Waals surface area contributed by atoms with Crippen molar-refractivity contribution in [3.8, 4) is 0 Å². The van der Waals surface area contributed by atoms with Gasteiger partial charge in [-0.1, -0.05) is 96.8 Å². The van der Waals surface area contributed by atoms with Crippen molar-refractivity contribution in [3.63, 3.8) is 0 Å². The van der Waals surface area contributed by atoms with Crippen LogP contribution in [-0.4, -0.2) is 95.0 Å². The normalized spacial score (nSPS) is 11.1. The quantitative estimate of drug-likeness (QED) is 0.0307. The molecule has 0 atom stereocenters. The fraction of sp³-hybridized carbons (Fsp3) is 0.806. The van der Waals surface area contributed by atoms with E-state index in [9.17, 15) is 25.0 Å². The Labute approximate surface area is 298 Å². The molecule has 0 saturated carbocycles. The fourth-order valence-electron chi connectivity index (χ4n) is 5.10. The van der Waals surface area contributed by atoms with E-state index in [2.05, 4.69) is 12.2 Å². The van der Waals surface area contributed by atoms with E-state index in [0.29, 0.717) is 72.4 Å². The molecule has 0 fully saturated rings. The largest absolute Gasteiger partial charge is 0.463 e. The number of carbonyl (C=O) groups is 1. The first-order valence-electron chi connectivity index (χ1n) is 18.7. The minimum atomic E-state index is -0.679. The van der Waals surface area contributed by atoms with Gasteiger partial charge in [-0.15, -0.1) is 0 Å². The number of hydrogen-bond acceptors (Lipinski definition) is 12. The molecule has 0 aliphatic heterocycles. The summed E-state index contributed by atoms with van der Waals surface area (Å²) in [5.74, 6) is -0.155. The number of rotatable bonds is 37. The van der Waals surface area contributed by atoms with Gasteiger partial charge in [0.2, 0.25) is 0 Å². The summed E-state index contributed by atoms with van der Waals surface area (Å²) in [6.07, 6.45) is 20.0. The Morgan fingerprint density at radius 1 is 0.580 bits per heavy atom. The summed E-state index contributed by atoms with van der Waals surface area (Å²) in [6.45, 7) is 6.66. The van der Waals surface area contributed by atoms with E-state index in [4.69, 9.17) is 28.4 Å². The Balaban J connectivity index is 1.77. The van der Waals surface area contributed by atoms with Crippen LogP contribution in [0.1, 0.15) is 110 Å². The van der Waals surface area contributed by atoms with Crippen LogP contribution in [0.3, 0.4) is 0 Å². The fourth-order valence-corrected chi connectivity index (χ4v) is 5.10. The van der Waals surface area contributed by atoms with E-state index < -0.39 is 9.85 Å². The molecule has 14 nitrogen and oxygen atoms in total. The number of anilines is 1. The second-order valence-electron chi connectivity index (χ2n) is 12.1. The molecule has 0 bridgehead atoms. The third-order valence-electron chi connectivity index (χ3n) is 7.91. The lowest BCUT2D eigenvalue weighted by Gasteiger charge is -2.09. The predicted molar refractivity (Wildman–Crippen MR) is 193 cm³/mol. The van der Waals surface area contributed by atoms with Crippen molar-refractivity contribution in [3.05, 3.63) is 38.4 Å². The number of esters is 1. The van der Waals surface area contributed by atoms with Gasteiger partial charge in [0.25, 0.3) is 11.4 Å². The third kappa shape index (κ3) is 26.9. The number of nitrogens with zero attached hydrogens (tertiary/aromatic N) is 2. The van der Waals surface area contributed by atoms with Crippen molar-refractivity contribution in [1.29, 1.82) is 0 Å². The molecule has 0 heterocycles. The monoisotopic (exact) mass is 713 g/mol. The highest BCUT2D eigenvalue weighted by molar-refractivity contribution is 5.69. The number of benzene rings is 1. The molecule has 0 radical (unpaired) electrons. The molecule has 1 N–H and O–H groups in total. The van der Waals surface area contributed by atoms with Crippen LogP contribution >= 0.6 is 0 Å². The molecular weight excluding hydrogens is 650 g/mol. The highest BCUT2D eigenvalue weighted by Crippen LogP contribution is 2.28. The lowest BCUT2D eigenvalue weighted by molar-refractivity contribution is -0.393. The zero-order chi connectivity index (χ0) is 36.3. The molecule has 1 aromatic rings. The second-order valence-corrected chi connectivity index (χ2v) is 12.1. The number of non-ortho nitro benzene ring substituents is 1. The topological polar surface area (TPSA) is 171 Å². The summed E-state index contributed by atoms with van der Waals surface area (Å²) in [4.78, 5) is 32.5. The molecule has 0 aliphatic rings. The first-order valence-corrected chi connectivity index (χ1v) is 18.7. The van der Waals surface area contributed by atoms with E-state index in [0.717, 1.165) is 18.9 Å². The van der Waals surface area contributed by atoms with Gasteiger partial charge in [0, 0.05) is 19.0 Å². The molecule has 0 aromatic heterocycles. The van der Waals surface area contributed by atoms with Crippen LogP contribution in [0.5, 0.6) is 0 Å². The van der Waals surface area contributed by atoms with Crippen LogP contribution < -0.4 is 5.32 Å². The molecule has 1 aromatic carbocycles. The minimum Gasteiger partial charge on any atom is -0.463 e. The van der Waals surface area contributed by atoms with E-state index in [-0.39, 0.29) is 36.2 Å². The molecule has 50 heavy (non-hydrogen) atoms. The average Bonchev–Trinajstić information content (AvgIpc) is 3.10. The molecule has 0 saturated heterocycles. The van der Waals surface area contributed by atoms with E-state index >= 15 is 0 Å². The number of hydrogen-bond donors (Lipinski definition) is 1. The SMILES string of the molecule is CCCCCCCCCCCCCCCCCC(=O)OCCOCCOCCOCCOCCOCCNc1ccc([N+](=O)[O-])cc1[N+](=O)[O-]. The Morgan fingerprint density at radius 2 is 1.00 bits per heavy atom. The van der Waals surface area contributed by atoms with Gasteiger partial charge in [-0.05, 0) is 12.5 Å². The zero-order valence-corrected chi connectivity index (χ0v) is 30.4. The van der Waals surface area contributed by atoms with Crippen molar-refractivity contribution in [2.24, 2.45) is 0 Å². The second kappa shape index (κ2) is 33.2. The van der Waals surface area contributed by atoms with Gasteiger partial charge < -0.3 is 33.7 Å². The summed E-state index contributed by atoms with van der Waals surface area (Å²) < 4.78 is 32.4. The molecule has 1 rings (SSSR count). The van der Waals surface area contributed by atoms with Crippen molar-refractivity contribution in [2.45, 2.75) is 110 Å². The van der Waals surface area contributed by atoms with Gasteiger partial charge in [0.05, 0.1) is 82.0 Å². The summed E-state index contributed by atoms with van der Waals surface area (Å²) >= 11 is 0. The minimum absolute atomic E-state index is 0.155. The van der Waals surface area contributed by atoms with Gasteiger partial charge >= 0.3 is 5.97 Å². The Kier molecular flexibility index (Phi) is 30.0. The number of nitro groups is 2. The lowest BCUT2D eigenvalue weighted by Crippen LogP contribution is -2.15. The van der Waals surface area contributed by atoms with Gasteiger partial charge in [-0.25, -0.2) is 0 Å². The van der Waals surface area contributed by atoms with Crippen LogP contribution in [0.2, 0.25) is 0 Å². The maximum absolute atomic E-state index is 11.9. The predicted octanol–water partition coefficient (Wildman–Crippen LogP) is 7.80. The van der Waals surface area contributed by atoms with Crippen molar-refractivity contribution in [2.75, 3.05) is 84.5 Å². The van der Waals surface area contributed by atoms with E-state index in [1.165, 1.54) is 95.6 Å². The number of nitrogens with one attached hydrogen (secondary N) is 1. The van der Waals surface area contributed by atoms with Gasteiger partial charge in [0.1, 0.15) is 12.3 Å². The van der Waals surface area contributed by atoms with Crippen LogP contribution in [0.4, 0.5) is 17.1 Å². The number of ether oxygens (including phenoxy) is 6. The average molecular weight is 714 g/mol. The van der Waals surface area contributed by atoms with Gasteiger partial charge in [-0.2, -0.15) is 0 Å². The maximum Gasteiger partial charge on any atom is 0.305 e. The first-order chi connectivity index (χ1) is 24.5. The standard InChI is InChI=1S/C36H63N3O11/c1-2-3-4-5-6-7-8-9-10-11-12-13-14-15-16-17-36(40)50-31-30-49-29-28-48-27-26-47-25-24-46-23-22-45-21-20-37-34-19-18-33(38(41)42)32-35(34)39(43)44/h18-19,32,37H,2-17,20-31H2,1H3. The molecule has 0 aliphatic carbocycles.